The van der Waals surface area contributed by atoms with E-state index in [4.69, 9.17) is 0 Å². The number of hydrogen-bond donors (Lipinski definition) is 1. The van der Waals surface area contributed by atoms with E-state index >= 15 is 0 Å². The van der Waals surface area contributed by atoms with Gasteiger partial charge in [0.1, 0.15) is 0 Å². The third kappa shape index (κ3) is 4.68. The van der Waals surface area contributed by atoms with Crippen LogP contribution in [0.1, 0.15) is 45.9 Å². The molecule has 1 rings (SSSR count). The van der Waals surface area contributed by atoms with E-state index in [0.717, 1.165) is 19.0 Å². The monoisotopic (exact) mass is 263 g/mol. The van der Waals surface area contributed by atoms with Crippen LogP contribution in [0.2, 0.25) is 0 Å². The molecule has 104 valence electrons. The van der Waals surface area contributed by atoms with Gasteiger partial charge >= 0.3 is 6.18 Å². The zero-order valence-electron chi connectivity index (χ0n) is 11.2. The molecule has 0 saturated heterocycles. The number of halogens is 3. The Balaban J connectivity index is 2.52. The smallest absolute Gasteiger partial charge is 0.312 e. The lowest BCUT2D eigenvalue weighted by Gasteiger charge is -2.22. The summed E-state index contributed by atoms with van der Waals surface area (Å²) in [6, 6.07) is 0.948. The number of nitrogens with one attached hydrogen (secondary N) is 1. The van der Waals surface area contributed by atoms with Crippen LogP contribution in [0.25, 0.3) is 0 Å². The molecule has 0 amide bonds. The van der Waals surface area contributed by atoms with Crippen molar-refractivity contribution in [3.05, 3.63) is 18.0 Å². The fraction of sp³-hybridized carbons (Fsp3) is 0.750. The van der Waals surface area contributed by atoms with Gasteiger partial charge in [0.25, 0.3) is 0 Å². The summed E-state index contributed by atoms with van der Waals surface area (Å²) in [6.45, 7) is 8.75. The molecular formula is C12H20F3N3. The van der Waals surface area contributed by atoms with Crippen molar-refractivity contribution in [1.29, 1.82) is 0 Å². The molecule has 0 aliphatic heterocycles. The Labute approximate surface area is 105 Å². The fourth-order valence-corrected chi connectivity index (χ4v) is 1.52. The Hall–Kier alpha value is -1.04. The standard InChI is InChI=1S/C12H20F3N3/c1-9(5-7-16-11(2,3)4)18-8-6-10(17-18)12(13,14)15/h6,8-9,16H,5,7H2,1-4H3. The van der Waals surface area contributed by atoms with Crippen molar-refractivity contribution in [3.8, 4) is 0 Å². The van der Waals surface area contributed by atoms with Crippen LogP contribution in [-0.4, -0.2) is 21.9 Å². The molecule has 1 aromatic heterocycles. The van der Waals surface area contributed by atoms with Gasteiger partial charge in [-0.15, -0.1) is 0 Å². The molecule has 0 aliphatic carbocycles. The Morgan fingerprint density at radius 1 is 1.33 bits per heavy atom. The molecule has 3 nitrogen and oxygen atoms in total. The van der Waals surface area contributed by atoms with E-state index in [1.807, 2.05) is 27.7 Å². The molecule has 6 heteroatoms. The van der Waals surface area contributed by atoms with E-state index in [9.17, 15) is 13.2 Å². The molecule has 0 aliphatic rings. The van der Waals surface area contributed by atoms with Crippen molar-refractivity contribution in [2.24, 2.45) is 0 Å². The fourth-order valence-electron chi connectivity index (χ4n) is 1.52. The molecule has 0 saturated carbocycles. The molecule has 1 aromatic rings. The van der Waals surface area contributed by atoms with Gasteiger partial charge in [-0.1, -0.05) is 0 Å². The van der Waals surface area contributed by atoms with Crippen LogP contribution < -0.4 is 5.32 Å². The van der Waals surface area contributed by atoms with E-state index in [1.54, 1.807) is 0 Å². The molecule has 0 fully saturated rings. The van der Waals surface area contributed by atoms with Gasteiger partial charge in [0.15, 0.2) is 5.69 Å². The number of nitrogens with zero attached hydrogens (tertiary/aromatic N) is 2. The summed E-state index contributed by atoms with van der Waals surface area (Å²) in [5.74, 6) is 0. The van der Waals surface area contributed by atoms with Gasteiger partial charge < -0.3 is 5.32 Å². The van der Waals surface area contributed by atoms with E-state index in [2.05, 4.69) is 10.4 Å². The van der Waals surface area contributed by atoms with Crippen molar-refractivity contribution >= 4 is 0 Å². The van der Waals surface area contributed by atoms with Crippen molar-refractivity contribution in [3.63, 3.8) is 0 Å². The first-order valence-corrected chi connectivity index (χ1v) is 5.97. The summed E-state index contributed by atoms with van der Waals surface area (Å²) >= 11 is 0. The summed E-state index contributed by atoms with van der Waals surface area (Å²) in [5, 5.41) is 6.86. The van der Waals surface area contributed by atoms with Crippen LogP contribution in [0.3, 0.4) is 0 Å². The summed E-state index contributed by atoms with van der Waals surface area (Å²) in [7, 11) is 0. The minimum absolute atomic E-state index is 0.0148. The van der Waals surface area contributed by atoms with E-state index in [0.29, 0.717) is 0 Å². The molecule has 0 bridgehead atoms. The van der Waals surface area contributed by atoms with Crippen molar-refractivity contribution in [2.75, 3.05) is 6.54 Å². The molecule has 1 atom stereocenters. The largest absolute Gasteiger partial charge is 0.435 e. The highest BCUT2D eigenvalue weighted by atomic mass is 19.4. The second-order valence-corrected chi connectivity index (χ2v) is 5.49. The lowest BCUT2D eigenvalue weighted by atomic mass is 10.1. The lowest BCUT2D eigenvalue weighted by molar-refractivity contribution is -0.141. The van der Waals surface area contributed by atoms with Gasteiger partial charge in [-0.25, -0.2) is 0 Å². The first-order chi connectivity index (χ1) is 8.09. The summed E-state index contributed by atoms with van der Waals surface area (Å²) < 4.78 is 38.5. The highest BCUT2D eigenvalue weighted by Gasteiger charge is 2.33. The molecule has 0 aromatic carbocycles. The second kappa shape index (κ2) is 5.30. The maximum atomic E-state index is 12.4. The number of rotatable bonds is 4. The van der Waals surface area contributed by atoms with Crippen LogP contribution in [0.5, 0.6) is 0 Å². The zero-order chi connectivity index (χ0) is 14.0. The van der Waals surface area contributed by atoms with Crippen LogP contribution in [-0.2, 0) is 6.18 Å². The first-order valence-electron chi connectivity index (χ1n) is 5.97. The average Bonchev–Trinajstić information content (AvgIpc) is 2.62. The maximum absolute atomic E-state index is 12.4. The predicted octanol–water partition coefficient (Wildman–Crippen LogP) is 3.24. The van der Waals surface area contributed by atoms with Gasteiger partial charge in [0.05, 0.1) is 6.04 Å². The number of aromatic nitrogens is 2. The van der Waals surface area contributed by atoms with E-state index in [-0.39, 0.29) is 11.6 Å². The normalized spacial score (nSPS) is 14.8. The third-order valence-corrected chi connectivity index (χ3v) is 2.57. The third-order valence-electron chi connectivity index (χ3n) is 2.57. The van der Waals surface area contributed by atoms with Gasteiger partial charge in [0, 0.05) is 11.7 Å². The highest BCUT2D eigenvalue weighted by Crippen LogP contribution is 2.28. The minimum Gasteiger partial charge on any atom is -0.312 e. The molecule has 0 spiro atoms. The van der Waals surface area contributed by atoms with Gasteiger partial charge in [0.2, 0.25) is 0 Å². The average molecular weight is 263 g/mol. The van der Waals surface area contributed by atoms with Crippen molar-refractivity contribution in [2.45, 2.75) is 51.9 Å². The van der Waals surface area contributed by atoms with Crippen LogP contribution in [0.15, 0.2) is 12.3 Å². The van der Waals surface area contributed by atoms with Crippen molar-refractivity contribution in [1.82, 2.24) is 15.1 Å². The van der Waals surface area contributed by atoms with E-state index < -0.39 is 11.9 Å². The number of hydrogen-bond acceptors (Lipinski definition) is 2. The van der Waals surface area contributed by atoms with Crippen LogP contribution in [0.4, 0.5) is 13.2 Å². The van der Waals surface area contributed by atoms with Gasteiger partial charge in [-0.3, -0.25) is 4.68 Å². The summed E-state index contributed by atoms with van der Waals surface area (Å²) in [4.78, 5) is 0. The Bertz CT molecular complexity index is 377. The molecule has 1 unspecified atom stereocenters. The van der Waals surface area contributed by atoms with Crippen LogP contribution in [0, 0.1) is 0 Å². The summed E-state index contributed by atoms with van der Waals surface area (Å²) in [5.41, 5.74) is -0.820. The highest BCUT2D eigenvalue weighted by molar-refractivity contribution is 5.03. The first kappa shape index (κ1) is 15.0. The Kier molecular flexibility index (Phi) is 4.42. The van der Waals surface area contributed by atoms with Gasteiger partial charge in [-0.2, -0.15) is 18.3 Å². The van der Waals surface area contributed by atoms with E-state index in [1.165, 1.54) is 10.9 Å². The molecule has 1 N–H and O–H groups in total. The Morgan fingerprint density at radius 2 is 1.94 bits per heavy atom. The lowest BCUT2D eigenvalue weighted by Crippen LogP contribution is -2.37. The zero-order valence-corrected chi connectivity index (χ0v) is 11.2. The Morgan fingerprint density at radius 3 is 2.39 bits per heavy atom. The number of alkyl halides is 3. The molecule has 18 heavy (non-hydrogen) atoms. The van der Waals surface area contributed by atoms with Crippen LogP contribution >= 0.6 is 0 Å². The SMILES string of the molecule is CC(CCNC(C)(C)C)n1ccc(C(F)(F)F)n1. The molecule has 1 heterocycles. The van der Waals surface area contributed by atoms with Gasteiger partial charge in [-0.05, 0) is 46.7 Å². The topological polar surface area (TPSA) is 29.9 Å². The molecular weight excluding hydrogens is 243 g/mol. The summed E-state index contributed by atoms with van der Waals surface area (Å²) in [6.07, 6.45) is -2.25. The predicted molar refractivity (Wildman–Crippen MR) is 64.3 cm³/mol. The second-order valence-electron chi connectivity index (χ2n) is 5.49. The molecule has 0 radical (unpaired) electrons. The quantitative estimate of drug-likeness (QED) is 0.903. The van der Waals surface area contributed by atoms with Crippen molar-refractivity contribution < 1.29 is 13.2 Å². The maximum Gasteiger partial charge on any atom is 0.435 e. The minimum atomic E-state index is -4.37.